The van der Waals surface area contributed by atoms with Crippen LogP contribution in [0.1, 0.15) is 25.3 Å². The molecule has 0 aliphatic carbocycles. The molecule has 21 heavy (non-hydrogen) atoms. The van der Waals surface area contributed by atoms with Gasteiger partial charge in [0, 0.05) is 5.69 Å². The van der Waals surface area contributed by atoms with Gasteiger partial charge in [0.15, 0.2) is 0 Å². The molecule has 1 aromatic carbocycles. The third-order valence-electron chi connectivity index (χ3n) is 3.72. The van der Waals surface area contributed by atoms with Gasteiger partial charge in [0.1, 0.15) is 0 Å². The molecule has 1 N–H and O–H groups in total. The Kier molecular flexibility index (Phi) is 4.88. The van der Waals surface area contributed by atoms with Gasteiger partial charge in [0.2, 0.25) is 5.91 Å². The second-order valence-corrected chi connectivity index (χ2v) is 5.59. The summed E-state index contributed by atoms with van der Waals surface area (Å²) in [6.07, 6.45) is -2.29. The van der Waals surface area contributed by atoms with Crippen molar-refractivity contribution in [3.63, 3.8) is 0 Å². The zero-order valence-corrected chi connectivity index (χ0v) is 11.9. The van der Waals surface area contributed by atoms with Gasteiger partial charge >= 0.3 is 6.18 Å². The number of hydrogen-bond donors (Lipinski definition) is 1. The number of benzene rings is 1. The minimum Gasteiger partial charge on any atom is -0.325 e. The van der Waals surface area contributed by atoms with Crippen molar-refractivity contribution in [1.29, 1.82) is 0 Å². The van der Waals surface area contributed by atoms with Crippen LogP contribution in [-0.4, -0.2) is 30.4 Å². The summed E-state index contributed by atoms with van der Waals surface area (Å²) in [5, 5.41) is 2.53. The van der Waals surface area contributed by atoms with Crippen LogP contribution in [-0.2, 0) is 11.0 Å². The fraction of sp³-hybridized carbons (Fsp3) is 0.533. The molecule has 1 fully saturated rings. The van der Waals surface area contributed by atoms with Crippen molar-refractivity contribution >= 4 is 11.6 Å². The van der Waals surface area contributed by atoms with E-state index < -0.39 is 11.7 Å². The van der Waals surface area contributed by atoms with Crippen LogP contribution in [0.2, 0.25) is 0 Å². The minimum absolute atomic E-state index is 0.181. The van der Waals surface area contributed by atoms with E-state index in [-0.39, 0.29) is 18.1 Å². The number of nitrogens with zero attached hydrogens (tertiary/aromatic N) is 1. The third-order valence-corrected chi connectivity index (χ3v) is 3.72. The fourth-order valence-corrected chi connectivity index (χ4v) is 2.40. The van der Waals surface area contributed by atoms with E-state index in [1.807, 2.05) is 4.90 Å². The number of carbonyl (C=O) groups excluding carboxylic acids is 1. The minimum atomic E-state index is -4.40. The smallest absolute Gasteiger partial charge is 0.325 e. The Morgan fingerprint density at radius 2 is 2.00 bits per heavy atom. The third kappa shape index (κ3) is 4.74. The summed E-state index contributed by atoms with van der Waals surface area (Å²) < 4.78 is 37.8. The molecule has 1 heterocycles. The van der Waals surface area contributed by atoms with Gasteiger partial charge in [-0.15, -0.1) is 0 Å². The van der Waals surface area contributed by atoms with Crippen molar-refractivity contribution in [2.24, 2.45) is 5.92 Å². The van der Waals surface area contributed by atoms with Crippen LogP contribution in [0.5, 0.6) is 0 Å². The van der Waals surface area contributed by atoms with Gasteiger partial charge < -0.3 is 5.32 Å². The molecule has 1 amide bonds. The highest BCUT2D eigenvalue weighted by Crippen LogP contribution is 2.30. The lowest BCUT2D eigenvalue weighted by atomic mass is 9.99. The maximum Gasteiger partial charge on any atom is 0.416 e. The molecule has 116 valence electrons. The zero-order chi connectivity index (χ0) is 15.5. The van der Waals surface area contributed by atoms with E-state index in [4.69, 9.17) is 0 Å². The van der Waals surface area contributed by atoms with Gasteiger partial charge in [-0.3, -0.25) is 9.69 Å². The Balaban J connectivity index is 1.91. The molecule has 1 saturated heterocycles. The van der Waals surface area contributed by atoms with Crippen LogP contribution in [0.3, 0.4) is 0 Å². The number of nitrogens with one attached hydrogen (secondary N) is 1. The van der Waals surface area contributed by atoms with Crippen LogP contribution >= 0.6 is 0 Å². The number of likely N-dealkylation sites (tertiary alicyclic amines) is 1. The average molecular weight is 300 g/mol. The molecule has 0 saturated carbocycles. The normalized spacial score (nSPS) is 17.7. The Morgan fingerprint density at radius 3 is 2.62 bits per heavy atom. The molecular formula is C15H19F3N2O. The predicted octanol–water partition coefficient (Wildman–Crippen LogP) is 3.38. The van der Waals surface area contributed by atoms with Crippen LogP contribution in [0.15, 0.2) is 24.3 Å². The lowest BCUT2D eigenvalue weighted by Crippen LogP contribution is -2.38. The molecule has 6 heteroatoms. The van der Waals surface area contributed by atoms with E-state index in [0.29, 0.717) is 5.92 Å². The molecule has 1 aliphatic heterocycles. The van der Waals surface area contributed by atoms with Crippen molar-refractivity contribution in [3.05, 3.63) is 29.8 Å². The first-order valence-electron chi connectivity index (χ1n) is 7.04. The largest absolute Gasteiger partial charge is 0.416 e. The number of anilines is 1. The van der Waals surface area contributed by atoms with Gasteiger partial charge in [0.05, 0.1) is 12.1 Å². The second-order valence-electron chi connectivity index (χ2n) is 5.59. The van der Waals surface area contributed by atoms with E-state index in [9.17, 15) is 18.0 Å². The Labute approximate surface area is 122 Å². The van der Waals surface area contributed by atoms with Crippen molar-refractivity contribution in [2.45, 2.75) is 25.9 Å². The van der Waals surface area contributed by atoms with Crippen molar-refractivity contribution in [1.82, 2.24) is 4.90 Å². The Morgan fingerprint density at radius 1 is 1.33 bits per heavy atom. The number of halogens is 3. The summed E-state index contributed by atoms with van der Waals surface area (Å²) in [5.41, 5.74) is -0.577. The summed E-state index contributed by atoms with van der Waals surface area (Å²) in [5.74, 6) is 0.400. The zero-order valence-electron chi connectivity index (χ0n) is 11.9. The molecular weight excluding hydrogens is 281 g/mol. The molecule has 0 unspecified atom stereocenters. The Hall–Kier alpha value is -1.56. The van der Waals surface area contributed by atoms with Crippen molar-refractivity contribution in [2.75, 3.05) is 25.0 Å². The topological polar surface area (TPSA) is 32.3 Å². The number of alkyl halides is 3. The van der Waals surface area contributed by atoms with Crippen LogP contribution in [0.25, 0.3) is 0 Å². The summed E-state index contributed by atoms with van der Waals surface area (Å²) in [6.45, 7) is 4.12. The molecule has 3 nitrogen and oxygen atoms in total. The number of carbonyl (C=O) groups is 1. The predicted molar refractivity (Wildman–Crippen MR) is 74.9 cm³/mol. The monoisotopic (exact) mass is 300 g/mol. The highest BCUT2D eigenvalue weighted by molar-refractivity contribution is 5.92. The first kappa shape index (κ1) is 15.8. The van der Waals surface area contributed by atoms with Crippen LogP contribution < -0.4 is 5.32 Å². The number of hydrogen-bond acceptors (Lipinski definition) is 2. The molecule has 0 bridgehead atoms. The lowest BCUT2D eigenvalue weighted by molar-refractivity contribution is -0.137. The quantitative estimate of drug-likeness (QED) is 0.928. The summed E-state index contributed by atoms with van der Waals surface area (Å²) in [7, 11) is 0. The standard InChI is InChI=1S/C15H19F3N2O/c1-11-5-7-20(8-6-11)10-14(21)19-13-4-2-3-12(9-13)15(16,17)18/h2-4,9,11H,5-8,10H2,1H3,(H,19,21). The number of rotatable bonds is 3. The number of amides is 1. The van der Waals surface area contributed by atoms with E-state index in [1.54, 1.807) is 0 Å². The van der Waals surface area contributed by atoms with Gasteiger partial charge in [-0.2, -0.15) is 13.2 Å². The fourth-order valence-electron chi connectivity index (χ4n) is 2.40. The molecule has 0 radical (unpaired) electrons. The van der Waals surface area contributed by atoms with E-state index in [0.717, 1.165) is 38.1 Å². The summed E-state index contributed by atoms with van der Waals surface area (Å²) in [6, 6.07) is 4.70. The highest BCUT2D eigenvalue weighted by Gasteiger charge is 2.30. The first-order chi connectivity index (χ1) is 9.84. The van der Waals surface area contributed by atoms with E-state index in [1.165, 1.54) is 12.1 Å². The maximum absolute atomic E-state index is 12.6. The number of piperidine rings is 1. The van der Waals surface area contributed by atoms with Gasteiger partial charge in [-0.1, -0.05) is 13.0 Å². The van der Waals surface area contributed by atoms with Gasteiger partial charge in [-0.25, -0.2) is 0 Å². The molecule has 0 aromatic heterocycles. The van der Waals surface area contributed by atoms with Crippen LogP contribution in [0, 0.1) is 5.92 Å². The Bertz CT molecular complexity index is 494. The summed E-state index contributed by atoms with van der Waals surface area (Å²) in [4.78, 5) is 13.9. The highest BCUT2D eigenvalue weighted by atomic mass is 19.4. The average Bonchev–Trinajstić information content (AvgIpc) is 2.41. The SMILES string of the molecule is CC1CCN(CC(=O)Nc2cccc(C(F)(F)F)c2)CC1. The van der Waals surface area contributed by atoms with Crippen molar-refractivity contribution < 1.29 is 18.0 Å². The molecule has 2 rings (SSSR count). The first-order valence-corrected chi connectivity index (χ1v) is 7.04. The summed E-state index contributed by atoms with van der Waals surface area (Å²) >= 11 is 0. The molecule has 1 aromatic rings. The van der Waals surface area contributed by atoms with Gasteiger partial charge in [0.25, 0.3) is 0 Å². The van der Waals surface area contributed by atoms with Crippen molar-refractivity contribution in [3.8, 4) is 0 Å². The lowest BCUT2D eigenvalue weighted by Gasteiger charge is -2.29. The van der Waals surface area contributed by atoms with E-state index in [2.05, 4.69) is 12.2 Å². The second kappa shape index (κ2) is 6.47. The van der Waals surface area contributed by atoms with E-state index >= 15 is 0 Å². The maximum atomic E-state index is 12.6. The van der Waals surface area contributed by atoms with Crippen LogP contribution in [0.4, 0.5) is 18.9 Å². The molecule has 0 spiro atoms. The molecule has 1 aliphatic rings. The molecule has 0 atom stereocenters. The van der Waals surface area contributed by atoms with Gasteiger partial charge in [-0.05, 0) is 50.0 Å².